The topological polar surface area (TPSA) is 629 Å². The van der Waals surface area contributed by atoms with Crippen LogP contribution in [0.15, 0.2) is 146 Å². The number of nitro benzene ring substituents is 1. The molecule has 15 N–H and O–H groups in total. The Bertz CT molecular complexity index is 4990. The standard InChI is InChI=1S/C19H15NO9.3C12H14O4.C11H12O4.C10H10O4.C8H6O5/c1-2-3-10-4-11(16(21)22)6-13(5-10)18(25)29-19(26)14-7-12(17(23)24)8-15(9-14)20(27)28;1-12(2,3)9-5-7(10(13)14)4-8(6-9)11(15)16;1-7(2)3-8-4-9(11(13)14)6-10(5-8)12(15)16;1-2-3-4-8-5-9(11(13)14)7-10(6-8)12(15)16;1-6(2)7-3-8(10(12)13)5-9(4-7)11(14)15;1-2-6-3-7(9(11)12)5-8(4-6)10(13)14;9-6-2-4(7(10)11)1-5(3-6)8(12)13/h4-9H,2-3H2,1H3,(H,21,22)(H,23,24);4-6H,1-3H3,(H,13,14)(H,15,16);4-7H,3H2,1-2H3,(H,13,14)(H,15,16);5-7H,2-4H2,1H3,(H,13,14)(H,15,16);3-6H,1-2H3,(H,12,13)(H,14,15);3-5H,2H2,1H3,(H,11,12)(H,13,14);1-3,9H,(H,10,11)(H,12,13). The van der Waals surface area contributed by atoms with E-state index in [1.54, 1.807) is 0 Å². The van der Waals surface area contributed by atoms with E-state index in [1.807, 2.05) is 69.2 Å². The van der Waals surface area contributed by atoms with Crippen LogP contribution in [0.1, 0.15) is 294 Å². The van der Waals surface area contributed by atoms with Crippen molar-refractivity contribution in [2.45, 2.75) is 126 Å². The third-order valence-electron chi connectivity index (χ3n) is 16.0. The number of carbonyl (C=O) groups excluding carboxylic acids is 2. The van der Waals surface area contributed by atoms with E-state index < -0.39 is 117 Å². The van der Waals surface area contributed by atoms with Gasteiger partial charge in [-0.15, -0.1) is 0 Å². The lowest BCUT2D eigenvalue weighted by Crippen LogP contribution is -2.15. The highest BCUT2D eigenvalue weighted by molar-refractivity contribution is 6.05. The van der Waals surface area contributed by atoms with E-state index in [0.29, 0.717) is 60.3 Å². The van der Waals surface area contributed by atoms with Crippen molar-refractivity contribution in [3.8, 4) is 5.75 Å². The zero-order chi connectivity index (χ0) is 91.0. The van der Waals surface area contributed by atoms with E-state index in [-0.39, 0.29) is 95.0 Å². The number of aromatic carboxylic acids is 14. The van der Waals surface area contributed by atoms with Crippen LogP contribution in [0.25, 0.3) is 0 Å². The Kier molecular flexibility index (Phi) is 38.7. The van der Waals surface area contributed by atoms with Gasteiger partial charge in [0.1, 0.15) is 5.75 Å². The molecule has 0 unspecified atom stereocenters. The number of esters is 2. The quantitative estimate of drug-likeness (QED) is 0.0104. The number of carboxylic acids is 14. The third kappa shape index (κ3) is 33.7. The van der Waals surface area contributed by atoms with Crippen LogP contribution in [0.2, 0.25) is 0 Å². The molecule has 35 heteroatoms. The number of hydrogen-bond acceptors (Lipinski definition) is 20. The van der Waals surface area contributed by atoms with E-state index >= 15 is 0 Å². The van der Waals surface area contributed by atoms with Gasteiger partial charge in [0.25, 0.3) is 5.69 Å². The van der Waals surface area contributed by atoms with Crippen molar-refractivity contribution >= 4 is 101 Å². The number of unbranched alkanes of at least 4 members (excludes halogenated alkanes) is 1. The number of aryl methyl sites for hydroxylation is 3. The molecule has 0 aliphatic heterocycles. The zero-order valence-corrected chi connectivity index (χ0v) is 65.4. The number of nitrogens with zero attached hydrogens (tertiary/aromatic N) is 1. The summed E-state index contributed by atoms with van der Waals surface area (Å²) >= 11 is 0. The van der Waals surface area contributed by atoms with Crippen molar-refractivity contribution in [1.29, 1.82) is 0 Å². The predicted molar refractivity (Wildman–Crippen MR) is 420 cm³/mol. The van der Waals surface area contributed by atoms with Gasteiger partial charge in [0.05, 0.1) is 93.9 Å². The SMILES string of the molecule is CC(C)(C)c1cc(C(=O)O)cc(C(=O)O)c1.CC(C)Cc1cc(C(=O)O)cc(C(=O)O)c1.CC(C)c1cc(C(=O)O)cc(C(=O)O)c1.CCCCc1cc(C(=O)O)cc(C(=O)O)c1.CCCc1cc(C(=O)O)cc(C(=O)OC(=O)c2cc(C(=O)O)cc([N+](=O)[O-])c2)c1.CCc1cc(C(=O)O)cc(C(=O)O)c1.O=C(O)c1cc(O)cc(C(=O)O)c1. The normalized spacial score (nSPS) is 10.3. The van der Waals surface area contributed by atoms with Gasteiger partial charge < -0.3 is 81.3 Å². The molecule has 8 aromatic rings. The van der Waals surface area contributed by atoms with Crippen LogP contribution in [0.3, 0.4) is 0 Å². The summed E-state index contributed by atoms with van der Waals surface area (Å²) in [4.78, 5) is 186. The van der Waals surface area contributed by atoms with Crippen LogP contribution in [0, 0.1) is 16.0 Å². The van der Waals surface area contributed by atoms with Crippen LogP contribution in [-0.4, -0.2) is 177 Å². The van der Waals surface area contributed by atoms with Crippen molar-refractivity contribution in [2.75, 3.05) is 0 Å². The Morgan fingerprint density at radius 2 is 0.571 bits per heavy atom. The molecule has 0 spiro atoms. The number of carbonyl (C=O) groups is 16. The fourth-order valence-electron chi connectivity index (χ4n) is 10.1. The maximum atomic E-state index is 12.3. The molecule has 0 radical (unpaired) electrons. The maximum absolute atomic E-state index is 12.3. The number of phenolic OH excluding ortho intramolecular Hbond substituents is 1. The van der Waals surface area contributed by atoms with E-state index in [1.165, 1.54) is 91.0 Å². The number of rotatable bonds is 26. The van der Waals surface area contributed by atoms with Gasteiger partial charge in [0.15, 0.2) is 0 Å². The van der Waals surface area contributed by atoms with Crippen molar-refractivity contribution in [2.24, 2.45) is 5.92 Å². The summed E-state index contributed by atoms with van der Waals surface area (Å²) in [6.07, 6.45) is 5.06. The van der Waals surface area contributed by atoms with Crippen LogP contribution in [0.5, 0.6) is 5.75 Å². The average Bonchev–Trinajstić information content (AvgIpc) is 0.573. The molecule has 0 saturated heterocycles. The smallest absolute Gasteiger partial charge is 0.346 e. The molecule has 0 atom stereocenters. The van der Waals surface area contributed by atoms with Crippen molar-refractivity contribution in [3.63, 3.8) is 0 Å². The summed E-state index contributed by atoms with van der Waals surface area (Å²) < 4.78 is 4.67. The number of ether oxygens (including phenoxy) is 1. The Morgan fingerprint density at radius 3 is 0.840 bits per heavy atom. The monoisotopic (exact) mass is 1650 g/mol. The summed E-state index contributed by atoms with van der Waals surface area (Å²) in [6.45, 7) is 19.2. The minimum absolute atomic E-state index is 0.00447. The largest absolute Gasteiger partial charge is 0.508 e. The van der Waals surface area contributed by atoms with Crippen LogP contribution >= 0.6 is 0 Å². The zero-order valence-electron chi connectivity index (χ0n) is 65.4. The number of nitro groups is 1. The van der Waals surface area contributed by atoms with E-state index in [9.17, 15) is 91.9 Å². The minimum atomic E-state index is -1.51. The number of benzene rings is 8. The second-order valence-corrected chi connectivity index (χ2v) is 27.3. The summed E-state index contributed by atoms with van der Waals surface area (Å²) in [6, 6.07) is 30.0. The minimum Gasteiger partial charge on any atom is -0.508 e. The van der Waals surface area contributed by atoms with Crippen LogP contribution in [-0.2, 0) is 35.8 Å². The van der Waals surface area contributed by atoms with Gasteiger partial charge in [-0.05, 0) is 216 Å². The Hall–Kier alpha value is -15.3. The first-order valence-electron chi connectivity index (χ1n) is 35.3. The van der Waals surface area contributed by atoms with Gasteiger partial charge in [0.2, 0.25) is 0 Å². The highest BCUT2D eigenvalue weighted by Gasteiger charge is 2.25. The molecule has 0 aliphatic carbocycles. The lowest BCUT2D eigenvalue weighted by atomic mass is 9.85. The molecular weight excluding hydrogens is 1570 g/mol. The molecule has 0 aliphatic rings. The second kappa shape index (κ2) is 46.1. The number of non-ortho nitro benzene ring substituents is 1. The fourth-order valence-corrected chi connectivity index (χ4v) is 10.1. The molecule has 35 nitrogen and oxygen atoms in total. The van der Waals surface area contributed by atoms with Crippen molar-refractivity contribution < 1.29 is 163 Å². The third-order valence-corrected chi connectivity index (χ3v) is 16.0. The molecular formula is C84H85NO34. The number of carboxylic acid groups (broad SMARTS) is 14. The number of hydrogen-bond donors (Lipinski definition) is 15. The highest BCUT2D eigenvalue weighted by atomic mass is 16.6. The van der Waals surface area contributed by atoms with E-state index in [4.69, 9.17) is 71.5 Å². The van der Waals surface area contributed by atoms with Gasteiger partial charge in [0, 0.05) is 12.1 Å². The second-order valence-electron chi connectivity index (χ2n) is 27.3. The molecule has 119 heavy (non-hydrogen) atoms. The first-order valence-corrected chi connectivity index (χ1v) is 35.3. The van der Waals surface area contributed by atoms with Crippen LogP contribution < -0.4 is 0 Å². The Balaban J connectivity index is 0.000000480. The molecule has 8 aromatic carbocycles. The highest BCUT2D eigenvalue weighted by Crippen LogP contribution is 2.27. The summed E-state index contributed by atoms with van der Waals surface area (Å²) in [5, 5.41) is 143. The van der Waals surface area contributed by atoms with E-state index in [2.05, 4.69) is 4.74 Å². The number of aromatic hydroxyl groups is 1. The predicted octanol–water partition coefficient (Wildman–Crippen LogP) is 14.7. The van der Waals surface area contributed by atoms with E-state index in [0.717, 1.165) is 78.6 Å². The van der Waals surface area contributed by atoms with Gasteiger partial charge in [-0.2, -0.15) is 0 Å². The summed E-state index contributed by atoms with van der Waals surface area (Å²) in [7, 11) is 0. The molecule has 0 bridgehead atoms. The van der Waals surface area contributed by atoms with Gasteiger partial charge >= 0.3 is 95.5 Å². The van der Waals surface area contributed by atoms with Crippen molar-refractivity contribution in [3.05, 3.63) is 278 Å². The van der Waals surface area contributed by atoms with Crippen molar-refractivity contribution in [1.82, 2.24) is 0 Å². The van der Waals surface area contributed by atoms with Crippen LogP contribution in [0.4, 0.5) is 5.69 Å². The molecule has 0 fully saturated rings. The van der Waals surface area contributed by atoms with Gasteiger partial charge in [-0.3, -0.25) is 10.1 Å². The molecule has 0 heterocycles. The van der Waals surface area contributed by atoms with Gasteiger partial charge in [-0.1, -0.05) is 82.1 Å². The fraction of sp³-hybridized carbons (Fsp3) is 0.238. The average molecular weight is 1650 g/mol. The summed E-state index contributed by atoms with van der Waals surface area (Å²) in [5.74, 6) is -18.8. The molecule has 0 saturated carbocycles. The Labute approximate surface area is 676 Å². The molecule has 0 aromatic heterocycles. The molecule has 0 amide bonds. The molecule has 8 rings (SSSR count). The first-order chi connectivity index (χ1) is 55.2. The lowest BCUT2D eigenvalue weighted by Gasteiger charge is -2.20. The lowest BCUT2D eigenvalue weighted by molar-refractivity contribution is -0.384. The summed E-state index contributed by atoms with van der Waals surface area (Å²) in [5.41, 5.74) is 1.52. The number of phenols is 1. The Morgan fingerprint density at radius 1 is 0.328 bits per heavy atom. The first kappa shape index (κ1) is 99.8. The van der Waals surface area contributed by atoms with Gasteiger partial charge in [-0.25, -0.2) is 76.7 Å². The maximum Gasteiger partial charge on any atom is 0.346 e. The molecule has 630 valence electrons.